The number of rotatable bonds is 13. The van der Waals surface area contributed by atoms with Gasteiger partial charge in [-0.1, -0.05) is 30.3 Å². The fourth-order valence-corrected chi connectivity index (χ4v) is 5.17. The molecular formula is C29H41NO6. The molecule has 2 aliphatic rings. The van der Waals surface area contributed by atoms with Crippen LogP contribution in [-0.2, 0) is 32.2 Å². The number of aliphatic hydroxyl groups is 1. The van der Waals surface area contributed by atoms with E-state index in [1.54, 1.807) is 14.2 Å². The lowest BCUT2D eigenvalue weighted by atomic mass is 9.79. The van der Waals surface area contributed by atoms with Crippen LogP contribution in [0.15, 0.2) is 42.5 Å². The van der Waals surface area contributed by atoms with E-state index in [0.29, 0.717) is 33.0 Å². The van der Waals surface area contributed by atoms with Gasteiger partial charge in [-0.25, -0.2) is 0 Å². The first-order chi connectivity index (χ1) is 17.7. The Labute approximate surface area is 215 Å². The van der Waals surface area contributed by atoms with Gasteiger partial charge < -0.3 is 33.7 Å². The van der Waals surface area contributed by atoms with Crippen LogP contribution in [0.5, 0.6) is 5.75 Å². The maximum absolute atomic E-state index is 10.9. The predicted molar refractivity (Wildman–Crippen MR) is 140 cm³/mol. The molecule has 0 saturated heterocycles. The topological polar surface area (TPSA) is 69.6 Å². The zero-order valence-electron chi connectivity index (χ0n) is 21.7. The average molecular weight is 500 g/mol. The molecule has 4 rings (SSSR count). The minimum atomic E-state index is -0.402. The zero-order chi connectivity index (χ0) is 25.2. The van der Waals surface area contributed by atoms with Crippen LogP contribution >= 0.6 is 0 Å². The Kier molecular flexibility index (Phi) is 10.4. The molecule has 1 N–H and O–H groups in total. The summed E-state index contributed by atoms with van der Waals surface area (Å²) < 4.78 is 28.2. The molecule has 7 nitrogen and oxygen atoms in total. The third kappa shape index (κ3) is 7.20. The van der Waals surface area contributed by atoms with Gasteiger partial charge in [-0.2, -0.15) is 0 Å². The summed E-state index contributed by atoms with van der Waals surface area (Å²) >= 11 is 0. The Morgan fingerprint density at radius 2 is 1.75 bits per heavy atom. The largest absolute Gasteiger partial charge is 0.490 e. The first kappa shape index (κ1) is 26.9. The summed E-state index contributed by atoms with van der Waals surface area (Å²) in [5, 5.41) is 10.9. The van der Waals surface area contributed by atoms with E-state index >= 15 is 0 Å². The number of ether oxygens (including phenoxy) is 5. The lowest BCUT2D eigenvalue weighted by Crippen LogP contribution is -2.36. The van der Waals surface area contributed by atoms with Gasteiger partial charge in [0.05, 0.1) is 50.9 Å². The van der Waals surface area contributed by atoms with Crippen molar-refractivity contribution in [1.29, 1.82) is 0 Å². The highest BCUT2D eigenvalue weighted by Crippen LogP contribution is 2.37. The third-order valence-corrected chi connectivity index (χ3v) is 7.09. The minimum absolute atomic E-state index is 0.0253. The Balaban J connectivity index is 1.39. The van der Waals surface area contributed by atoms with Crippen LogP contribution in [0.3, 0.4) is 0 Å². The van der Waals surface area contributed by atoms with Gasteiger partial charge in [0.25, 0.3) is 0 Å². The molecule has 0 amide bonds. The van der Waals surface area contributed by atoms with Gasteiger partial charge in [0.1, 0.15) is 12.4 Å². The number of hydrogen-bond donors (Lipinski definition) is 1. The van der Waals surface area contributed by atoms with Gasteiger partial charge in [-0.15, -0.1) is 0 Å². The maximum atomic E-state index is 10.9. The van der Waals surface area contributed by atoms with E-state index in [9.17, 15) is 5.11 Å². The monoisotopic (exact) mass is 499 g/mol. The number of anilines is 1. The van der Waals surface area contributed by atoms with Crippen molar-refractivity contribution in [3.63, 3.8) is 0 Å². The average Bonchev–Trinajstić information content (AvgIpc) is 2.91. The smallest absolute Gasteiger partial charge is 0.142 e. The number of benzene rings is 2. The number of nitrogens with zero attached hydrogens (tertiary/aromatic N) is 1. The minimum Gasteiger partial charge on any atom is -0.490 e. The number of fused-ring (bicyclic) bond motifs is 1. The molecule has 1 fully saturated rings. The van der Waals surface area contributed by atoms with Crippen molar-refractivity contribution in [3.05, 3.63) is 59.2 Å². The molecule has 36 heavy (non-hydrogen) atoms. The van der Waals surface area contributed by atoms with E-state index in [0.717, 1.165) is 73.5 Å². The van der Waals surface area contributed by atoms with Crippen molar-refractivity contribution >= 4 is 5.69 Å². The van der Waals surface area contributed by atoms with E-state index in [1.165, 1.54) is 0 Å². The number of aliphatic hydroxyl groups excluding tert-OH is 1. The second kappa shape index (κ2) is 14.0. The van der Waals surface area contributed by atoms with Gasteiger partial charge in [-0.05, 0) is 54.5 Å². The SMILES string of the molecule is COCCCN1CCOc2ccc(CO[C@H]3CCC[C@@H](O)[C@@H]3c3ccc(COCCOC)cc3)cc21. The van der Waals surface area contributed by atoms with Crippen molar-refractivity contribution in [2.24, 2.45) is 0 Å². The van der Waals surface area contributed by atoms with Crippen LogP contribution in [0.25, 0.3) is 0 Å². The second-order valence-corrected chi connectivity index (χ2v) is 9.64. The zero-order valence-corrected chi connectivity index (χ0v) is 21.7. The fourth-order valence-electron chi connectivity index (χ4n) is 5.17. The normalized spacial score (nSPS) is 21.8. The molecule has 0 unspecified atom stereocenters. The summed E-state index contributed by atoms with van der Waals surface area (Å²) in [5.74, 6) is 0.897. The highest BCUT2D eigenvalue weighted by molar-refractivity contribution is 5.61. The van der Waals surface area contributed by atoms with E-state index < -0.39 is 6.10 Å². The summed E-state index contributed by atoms with van der Waals surface area (Å²) in [5.41, 5.74) is 4.49. The molecule has 0 radical (unpaired) electrons. The van der Waals surface area contributed by atoms with Crippen LogP contribution in [-0.4, -0.2) is 71.1 Å². The van der Waals surface area contributed by atoms with Gasteiger partial charge in [0.15, 0.2) is 0 Å². The lowest BCUT2D eigenvalue weighted by Gasteiger charge is -2.36. The molecule has 0 aromatic heterocycles. The highest BCUT2D eigenvalue weighted by Gasteiger charge is 2.34. The summed E-state index contributed by atoms with van der Waals surface area (Å²) in [4.78, 5) is 2.37. The molecule has 3 atom stereocenters. The Bertz CT molecular complexity index is 920. The maximum Gasteiger partial charge on any atom is 0.142 e. The first-order valence-corrected chi connectivity index (χ1v) is 13.1. The molecule has 1 heterocycles. The van der Waals surface area contributed by atoms with Crippen LogP contribution in [0.1, 0.15) is 48.3 Å². The van der Waals surface area contributed by atoms with Crippen LogP contribution in [0.2, 0.25) is 0 Å². The Morgan fingerprint density at radius 1 is 0.944 bits per heavy atom. The summed E-state index contributed by atoms with van der Waals surface area (Å²) in [6.07, 6.45) is 3.28. The molecule has 1 aliphatic carbocycles. The van der Waals surface area contributed by atoms with Crippen molar-refractivity contribution in [2.75, 3.05) is 58.6 Å². The van der Waals surface area contributed by atoms with Crippen molar-refractivity contribution < 1.29 is 28.8 Å². The molecule has 2 aromatic carbocycles. The van der Waals surface area contributed by atoms with Crippen LogP contribution in [0.4, 0.5) is 5.69 Å². The molecule has 2 aromatic rings. The fraction of sp³-hybridized carbons (Fsp3) is 0.586. The molecule has 198 valence electrons. The molecule has 7 heteroatoms. The van der Waals surface area contributed by atoms with Crippen molar-refractivity contribution in [2.45, 2.75) is 57.0 Å². The van der Waals surface area contributed by atoms with Crippen LogP contribution in [0, 0.1) is 0 Å². The summed E-state index contributed by atoms with van der Waals surface area (Å²) in [7, 11) is 3.41. The van der Waals surface area contributed by atoms with E-state index in [-0.39, 0.29) is 12.0 Å². The van der Waals surface area contributed by atoms with Crippen molar-refractivity contribution in [1.82, 2.24) is 0 Å². The van der Waals surface area contributed by atoms with E-state index in [4.69, 9.17) is 23.7 Å². The quantitative estimate of drug-likeness (QED) is 0.412. The Hall–Kier alpha value is -2.16. The van der Waals surface area contributed by atoms with Crippen LogP contribution < -0.4 is 9.64 Å². The van der Waals surface area contributed by atoms with Gasteiger partial charge in [0.2, 0.25) is 0 Å². The molecular weight excluding hydrogens is 458 g/mol. The third-order valence-electron chi connectivity index (χ3n) is 7.09. The summed E-state index contributed by atoms with van der Waals surface area (Å²) in [6, 6.07) is 14.7. The lowest BCUT2D eigenvalue weighted by molar-refractivity contribution is -0.0426. The van der Waals surface area contributed by atoms with E-state index in [1.807, 2.05) is 0 Å². The van der Waals surface area contributed by atoms with E-state index in [2.05, 4.69) is 47.4 Å². The Morgan fingerprint density at radius 3 is 2.56 bits per heavy atom. The highest BCUT2D eigenvalue weighted by atomic mass is 16.5. The standard InChI is InChI=1S/C29H41NO6/c1-32-15-4-13-30-14-16-35-27-12-9-23(19-25(27)30)21-36-28-6-3-5-26(31)29(28)24-10-7-22(8-11-24)20-34-18-17-33-2/h7-12,19,26,28-29,31H,3-6,13-18,20-21H2,1-2H3/t26-,28+,29+/m1/s1. The summed E-state index contributed by atoms with van der Waals surface area (Å²) in [6.45, 7) is 5.52. The second-order valence-electron chi connectivity index (χ2n) is 9.64. The first-order valence-electron chi connectivity index (χ1n) is 13.1. The molecule has 1 saturated carbocycles. The molecule has 0 spiro atoms. The predicted octanol–water partition coefficient (Wildman–Crippen LogP) is 4.30. The molecule has 0 bridgehead atoms. The van der Waals surface area contributed by atoms with Crippen molar-refractivity contribution in [3.8, 4) is 5.75 Å². The number of methoxy groups -OCH3 is 2. The van der Waals surface area contributed by atoms with Gasteiger partial charge in [0, 0.05) is 33.3 Å². The van der Waals surface area contributed by atoms with Gasteiger partial charge in [-0.3, -0.25) is 0 Å². The molecule has 1 aliphatic heterocycles. The van der Waals surface area contributed by atoms with Gasteiger partial charge >= 0.3 is 0 Å². The number of hydrogen-bond acceptors (Lipinski definition) is 7.